The maximum absolute atomic E-state index is 11.7. The second-order valence-electron chi connectivity index (χ2n) is 2.52. The van der Waals surface area contributed by atoms with Crippen LogP contribution in [0, 0.1) is 0 Å². The maximum atomic E-state index is 11.7. The summed E-state index contributed by atoms with van der Waals surface area (Å²) in [6.45, 7) is 0. The third-order valence-electron chi connectivity index (χ3n) is 1.42. The molecule has 1 rings (SSSR count). The van der Waals surface area contributed by atoms with Gasteiger partial charge in [-0.25, -0.2) is 4.98 Å². The van der Waals surface area contributed by atoms with Crippen molar-refractivity contribution in [2.45, 2.75) is 19.0 Å². The van der Waals surface area contributed by atoms with Gasteiger partial charge in [-0.1, -0.05) is 0 Å². The lowest BCUT2D eigenvalue weighted by atomic mass is 10.3. The van der Waals surface area contributed by atoms with Gasteiger partial charge >= 0.3 is 6.18 Å². The summed E-state index contributed by atoms with van der Waals surface area (Å²) >= 11 is 0. The summed E-state index contributed by atoms with van der Waals surface area (Å²) in [6.07, 6.45) is -3.63. The number of alkyl halides is 3. The van der Waals surface area contributed by atoms with Gasteiger partial charge in [-0.05, 0) is 0 Å². The molecule has 0 aliphatic heterocycles. The summed E-state index contributed by atoms with van der Waals surface area (Å²) in [5.74, 6) is 0.180. The second-order valence-corrected chi connectivity index (χ2v) is 2.52. The average molecular weight is 192 g/mol. The Morgan fingerprint density at radius 3 is 2.69 bits per heavy atom. The number of hydrogen-bond acceptors (Lipinski definition) is 2. The maximum Gasteiger partial charge on any atom is 0.389 e. The van der Waals surface area contributed by atoms with Crippen LogP contribution in [0.2, 0.25) is 0 Å². The Hall–Kier alpha value is -1.33. The van der Waals surface area contributed by atoms with E-state index in [-0.39, 0.29) is 17.9 Å². The molecule has 0 radical (unpaired) electrons. The van der Waals surface area contributed by atoms with E-state index >= 15 is 0 Å². The molecule has 6 heteroatoms. The van der Waals surface area contributed by atoms with Crippen molar-refractivity contribution in [3.8, 4) is 0 Å². The molecule has 0 spiro atoms. The highest BCUT2D eigenvalue weighted by Crippen LogP contribution is 2.20. The molecule has 0 atom stereocenters. The normalized spacial score (nSPS) is 11.6. The Morgan fingerprint density at radius 1 is 1.54 bits per heavy atom. The molecular weight excluding hydrogens is 185 g/mol. The van der Waals surface area contributed by atoms with Crippen LogP contribution in [0.3, 0.4) is 0 Å². The molecule has 0 bridgehead atoms. The summed E-state index contributed by atoms with van der Waals surface area (Å²) in [6, 6.07) is 0. The van der Waals surface area contributed by atoms with Gasteiger partial charge in [0, 0.05) is 6.42 Å². The van der Waals surface area contributed by atoms with E-state index < -0.39 is 12.6 Å². The molecular formula is C7H7F3N2O. The smallest absolute Gasteiger partial charge is 0.340 e. The lowest BCUT2D eigenvalue weighted by molar-refractivity contribution is -0.134. The molecule has 0 amide bonds. The molecule has 1 aromatic heterocycles. The van der Waals surface area contributed by atoms with Gasteiger partial charge in [0.25, 0.3) is 0 Å². The van der Waals surface area contributed by atoms with Gasteiger partial charge in [0.1, 0.15) is 5.82 Å². The zero-order valence-electron chi connectivity index (χ0n) is 6.56. The predicted octanol–water partition coefficient (Wildman–Crippen LogP) is 1.72. The van der Waals surface area contributed by atoms with E-state index in [4.69, 9.17) is 0 Å². The quantitative estimate of drug-likeness (QED) is 0.741. The summed E-state index contributed by atoms with van der Waals surface area (Å²) < 4.78 is 35.2. The summed E-state index contributed by atoms with van der Waals surface area (Å²) in [4.78, 5) is 16.2. The van der Waals surface area contributed by atoms with Gasteiger partial charge in [-0.2, -0.15) is 13.2 Å². The van der Waals surface area contributed by atoms with Crippen LogP contribution in [0.25, 0.3) is 0 Å². The Morgan fingerprint density at radius 2 is 2.23 bits per heavy atom. The average Bonchev–Trinajstić information content (AvgIpc) is 2.47. The third kappa shape index (κ3) is 3.27. The number of nitrogens with zero attached hydrogens (tertiary/aromatic N) is 1. The molecule has 0 aromatic carbocycles. The fraction of sp³-hybridized carbons (Fsp3) is 0.429. The van der Waals surface area contributed by atoms with Crippen LogP contribution in [0.15, 0.2) is 6.20 Å². The number of aldehydes is 1. The standard InChI is InChI=1S/C7H7F3N2O/c8-7(9,10)2-1-6-11-3-5(4-13)12-6/h3-4H,1-2H2,(H,11,12). The minimum atomic E-state index is -4.19. The first-order valence-corrected chi connectivity index (χ1v) is 3.57. The van der Waals surface area contributed by atoms with Crippen LogP contribution in [0.4, 0.5) is 13.2 Å². The number of carbonyl (C=O) groups is 1. The lowest BCUT2D eigenvalue weighted by Gasteiger charge is -2.02. The largest absolute Gasteiger partial charge is 0.389 e. The molecule has 72 valence electrons. The first-order valence-electron chi connectivity index (χ1n) is 3.57. The number of aromatic nitrogens is 2. The highest BCUT2D eigenvalue weighted by molar-refractivity contribution is 5.71. The van der Waals surface area contributed by atoms with Crippen LogP contribution in [-0.4, -0.2) is 22.4 Å². The van der Waals surface area contributed by atoms with Crippen molar-refractivity contribution in [1.82, 2.24) is 9.97 Å². The Balaban J connectivity index is 2.50. The van der Waals surface area contributed by atoms with Crippen molar-refractivity contribution >= 4 is 6.29 Å². The zero-order chi connectivity index (χ0) is 9.90. The van der Waals surface area contributed by atoms with Crippen LogP contribution in [0.1, 0.15) is 22.7 Å². The minimum Gasteiger partial charge on any atom is -0.340 e. The van der Waals surface area contributed by atoms with Crippen molar-refractivity contribution in [3.05, 3.63) is 17.7 Å². The summed E-state index contributed by atoms with van der Waals surface area (Å²) in [5, 5.41) is 0. The van der Waals surface area contributed by atoms with E-state index in [0.29, 0.717) is 6.29 Å². The molecule has 0 fully saturated rings. The number of nitrogens with one attached hydrogen (secondary N) is 1. The van der Waals surface area contributed by atoms with Gasteiger partial charge in [-0.3, -0.25) is 4.79 Å². The molecule has 0 saturated heterocycles. The first kappa shape index (κ1) is 9.76. The Labute approximate surface area is 72.0 Å². The lowest BCUT2D eigenvalue weighted by Crippen LogP contribution is -2.09. The third-order valence-corrected chi connectivity index (χ3v) is 1.42. The van der Waals surface area contributed by atoms with E-state index in [1.54, 1.807) is 0 Å². The van der Waals surface area contributed by atoms with E-state index in [9.17, 15) is 18.0 Å². The number of hydrogen-bond donors (Lipinski definition) is 1. The fourth-order valence-electron chi connectivity index (χ4n) is 0.826. The summed E-state index contributed by atoms with van der Waals surface area (Å²) in [5.41, 5.74) is 0.192. The molecule has 1 heterocycles. The highest BCUT2D eigenvalue weighted by Gasteiger charge is 2.26. The molecule has 0 aliphatic rings. The van der Waals surface area contributed by atoms with Crippen molar-refractivity contribution < 1.29 is 18.0 Å². The second kappa shape index (κ2) is 3.59. The van der Waals surface area contributed by atoms with Crippen molar-refractivity contribution in [2.24, 2.45) is 0 Å². The monoisotopic (exact) mass is 192 g/mol. The van der Waals surface area contributed by atoms with Gasteiger partial charge in [0.05, 0.1) is 18.3 Å². The number of imidazole rings is 1. The molecule has 0 unspecified atom stereocenters. The van der Waals surface area contributed by atoms with E-state index in [1.165, 1.54) is 6.20 Å². The number of carbonyl (C=O) groups excluding carboxylic acids is 1. The van der Waals surface area contributed by atoms with Crippen LogP contribution in [-0.2, 0) is 6.42 Å². The van der Waals surface area contributed by atoms with E-state index in [0.717, 1.165) is 0 Å². The molecule has 3 nitrogen and oxygen atoms in total. The molecule has 1 N–H and O–H groups in total. The number of rotatable bonds is 3. The molecule has 1 aromatic rings. The molecule has 13 heavy (non-hydrogen) atoms. The highest BCUT2D eigenvalue weighted by atomic mass is 19.4. The number of aromatic amines is 1. The summed E-state index contributed by atoms with van der Waals surface area (Å²) in [7, 11) is 0. The first-order chi connectivity index (χ1) is 6.01. The van der Waals surface area contributed by atoms with Gasteiger partial charge in [0.15, 0.2) is 6.29 Å². The van der Waals surface area contributed by atoms with Crippen molar-refractivity contribution in [1.29, 1.82) is 0 Å². The fourth-order valence-corrected chi connectivity index (χ4v) is 0.826. The number of H-pyrrole nitrogens is 1. The SMILES string of the molecule is O=Cc1cnc(CCC(F)(F)F)[nH]1. The number of aryl methyl sites for hydroxylation is 1. The van der Waals surface area contributed by atoms with Gasteiger partial charge in [-0.15, -0.1) is 0 Å². The zero-order valence-corrected chi connectivity index (χ0v) is 6.56. The predicted molar refractivity (Wildman–Crippen MR) is 38.4 cm³/mol. The topological polar surface area (TPSA) is 45.8 Å². The van der Waals surface area contributed by atoms with Crippen LogP contribution >= 0.6 is 0 Å². The van der Waals surface area contributed by atoms with Crippen LogP contribution < -0.4 is 0 Å². The Bertz CT molecular complexity index is 292. The van der Waals surface area contributed by atoms with Gasteiger partial charge < -0.3 is 4.98 Å². The number of halogens is 3. The van der Waals surface area contributed by atoms with E-state index in [1.807, 2.05) is 0 Å². The molecule has 0 aliphatic carbocycles. The van der Waals surface area contributed by atoms with Crippen LogP contribution in [0.5, 0.6) is 0 Å². The minimum absolute atomic E-state index is 0.180. The van der Waals surface area contributed by atoms with E-state index in [2.05, 4.69) is 9.97 Å². The van der Waals surface area contributed by atoms with Crippen molar-refractivity contribution in [2.75, 3.05) is 0 Å². The van der Waals surface area contributed by atoms with Gasteiger partial charge in [0.2, 0.25) is 0 Å². The Kier molecular flexibility index (Phi) is 2.69. The van der Waals surface area contributed by atoms with Crippen molar-refractivity contribution in [3.63, 3.8) is 0 Å². The molecule has 0 saturated carbocycles.